The summed E-state index contributed by atoms with van der Waals surface area (Å²) in [6.07, 6.45) is -1.12. The van der Waals surface area contributed by atoms with Gasteiger partial charge in [0.05, 0.1) is 18.2 Å². The van der Waals surface area contributed by atoms with Gasteiger partial charge in [-0.05, 0) is 41.2 Å². The molecule has 0 saturated carbocycles. The highest BCUT2D eigenvalue weighted by Crippen LogP contribution is 2.38. The minimum absolute atomic E-state index is 0.0207. The number of hydrogen-bond acceptors (Lipinski definition) is 5. The lowest BCUT2D eigenvalue weighted by atomic mass is 9.83. The normalized spacial score (nSPS) is 13.7. The Kier molecular flexibility index (Phi) is 11.2. The minimum Gasteiger partial charge on any atom is -0.445 e. The molecule has 0 aliphatic carbocycles. The topological polar surface area (TPSA) is 76.4 Å². The summed E-state index contributed by atoms with van der Waals surface area (Å²) in [4.78, 5) is 16.9. The Hall–Kier alpha value is -4.11. The number of amides is 1. The van der Waals surface area contributed by atoms with Gasteiger partial charge < -0.3 is 19.8 Å². The molecular formula is C35H40F3N3O3. The molecule has 0 spiro atoms. The van der Waals surface area contributed by atoms with Crippen LogP contribution in [0.5, 0.6) is 0 Å². The van der Waals surface area contributed by atoms with E-state index in [0.717, 1.165) is 29.3 Å². The smallest absolute Gasteiger partial charge is 0.407 e. The Bertz CT molecular complexity index is 1490. The summed E-state index contributed by atoms with van der Waals surface area (Å²) in [6.45, 7) is 8.13. The van der Waals surface area contributed by atoms with Gasteiger partial charge in [0.15, 0.2) is 0 Å². The van der Waals surface area contributed by atoms with Gasteiger partial charge in [-0.25, -0.2) is 22.9 Å². The molecule has 1 heterocycles. The van der Waals surface area contributed by atoms with Crippen LogP contribution in [0.4, 0.5) is 18.0 Å². The Morgan fingerprint density at radius 3 is 2.25 bits per heavy atom. The maximum absolute atomic E-state index is 15.4. The van der Waals surface area contributed by atoms with Crippen molar-refractivity contribution in [3.8, 4) is 11.5 Å². The van der Waals surface area contributed by atoms with Crippen LogP contribution in [0.2, 0.25) is 0 Å². The van der Waals surface area contributed by atoms with Gasteiger partial charge in [0.1, 0.15) is 35.9 Å². The zero-order valence-corrected chi connectivity index (χ0v) is 25.6. The van der Waals surface area contributed by atoms with E-state index in [4.69, 9.17) is 14.1 Å². The third kappa shape index (κ3) is 8.95. The largest absolute Gasteiger partial charge is 0.445 e. The van der Waals surface area contributed by atoms with Crippen molar-refractivity contribution in [1.29, 1.82) is 0 Å². The fourth-order valence-corrected chi connectivity index (χ4v) is 5.01. The maximum Gasteiger partial charge on any atom is 0.407 e. The number of oxazole rings is 1. The monoisotopic (exact) mass is 607 g/mol. The molecule has 2 N–H and O–H groups in total. The predicted molar refractivity (Wildman–Crippen MR) is 165 cm³/mol. The van der Waals surface area contributed by atoms with Gasteiger partial charge in [0, 0.05) is 18.9 Å². The lowest BCUT2D eigenvalue weighted by Gasteiger charge is -2.33. The average Bonchev–Trinajstić information content (AvgIpc) is 3.41. The van der Waals surface area contributed by atoms with E-state index in [9.17, 15) is 13.6 Å². The van der Waals surface area contributed by atoms with E-state index < -0.39 is 41.3 Å². The van der Waals surface area contributed by atoms with Crippen molar-refractivity contribution in [2.75, 3.05) is 13.1 Å². The van der Waals surface area contributed by atoms with Gasteiger partial charge in [-0.1, -0.05) is 88.4 Å². The molecule has 1 amide bonds. The quantitative estimate of drug-likeness (QED) is 0.160. The fraction of sp³-hybridized carbons (Fsp3) is 0.371. The summed E-state index contributed by atoms with van der Waals surface area (Å²) < 4.78 is 55.5. The molecule has 234 valence electrons. The van der Waals surface area contributed by atoms with Gasteiger partial charge in [-0.15, -0.1) is 0 Å². The molecule has 0 bridgehead atoms. The predicted octanol–water partition coefficient (Wildman–Crippen LogP) is 8.18. The van der Waals surface area contributed by atoms with Crippen molar-refractivity contribution in [1.82, 2.24) is 15.6 Å². The van der Waals surface area contributed by atoms with Crippen molar-refractivity contribution in [2.24, 2.45) is 11.3 Å². The highest BCUT2D eigenvalue weighted by atomic mass is 19.1. The number of ether oxygens (including phenoxy) is 1. The Morgan fingerprint density at radius 1 is 0.955 bits per heavy atom. The first-order valence-electron chi connectivity index (χ1n) is 14.9. The standard InChI is InChI=1S/C35H40F3N3O3/c1-5-25(29(38)21-40-34(42)43-22-24-14-10-7-11-15-24)20-39-32(35(2,3)4)31-30(18-23-12-8-6-9-13-23)44-33(41-31)27-19-26(36)16-17-28(27)37/h6-17,19,25,29,32,39H,5,18,20-22H2,1-4H3,(H,40,42)/t25-,29-,32?/m0/s1. The zero-order valence-electron chi connectivity index (χ0n) is 25.6. The fourth-order valence-electron chi connectivity index (χ4n) is 5.01. The van der Waals surface area contributed by atoms with E-state index in [1.165, 1.54) is 0 Å². The van der Waals surface area contributed by atoms with Crippen LogP contribution in [0.15, 0.2) is 83.3 Å². The van der Waals surface area contributed by atoms with Crippen LogP contribution < -0.4 is 10.6 Å². The van der Waals surface area contributed by atoms with Crippen LogP contribution in [0, 0.1) is 23.0 Å². The molecule has 4 aromatic rings. The molecule has 4 rings (SSSR count). The summed E-state index contributed by atoms with van der Waals surface area (Å²) >= 11 is 0. The van der Waals surface area contributed by atoms with Crippen LogP contribution in [0.3, 0.4) is 0 Å². The lowest BCUT2D eigenvalue weighted by Crippen LogP contribution is -2.41. The summed E-state index contributed by atoms with van der Waals surface area (Å²) in [7, 11) is 0. The molecule has 1 unspecified atom stereocenters. The summed E-state index contributed by atoms with van der Waals surface area (Å²) in [5, 5.41) is 6.01. The SMILES string of the molecule is CC[C@@H](CNC(c1nc(-c2cc(F)ccc2F)oc1Cc1ccccc1)C(C)(C)C)[C@@H](F)CNC(=O)OCc1ccccc1. The second-order valence-corrected chi connectivity index (χ2v) is 11.9. The molecule has 1 aromatic heterocycles. The molecule has 9 heteroatoms. The summed E-state index contributed by atoms with van der Waals surface area (Å²) in [6, 6.07) is 21.6. The number of halogens is 3. The molecule has 0 fully saturated rings. The van der Waals surface area contributed by atoms with E-state index in [0.29, 0.717) is 24.3 Å². The van der Waals surface area contributed by atoms with Crippen molar-refractivity contribution < 1.29 is 27.1 Å². The Labute approximate surface area is 257 Å². The molecule has 3 atom stereocenters. The first kappa shape index (κ1) is 32.8. The number of alkyl carbamates (subject to hydrolysis) is 1. The highest BCUT2D eigenvalue weighted by molar-refractivity contribution is 5.67. The number of carbonyl (C=O) groups excluding carboxylic acids is 1. The Morgan fingerprint density at radius 2 is 1.61 bits per heavy atom. The van der Waals surface area contributed by atoms with Gasteiger partial charge in [-0.2, -0.15) is 0 Å². The first-order valence-corrected chi connectivity index (χ1v) is 14.9. The van der Waals surface area contributed by atoms with Crippen LogP contribution in [-0.2, 0) is 17.8 Å². The van der Waals surface area contributed by atoms with Crippen molar-refractivity contribution in [3.63, 3.8) is 0 Å². The number of nitrogens with one attached hydrogen (secondary N) is 2. The van der Waals surface area contributed by atoms with Gasteiger partial charge in [-0.3, -0.25) is 0 Å². The van der Waals surface area contributed by atoms with E-state index in [-0.39, 0.29) is 31.2 Å². The van der Waals surface area contributed by atoms with Crippen LogP contribution >= 0.6 is 0 Å². The number of hydrogen-bond donors (Lipinski definition) is 2. The molecule has 44 heavy (non-hydrogen) atoms. The highest BCUT2D eigenvalue weighted by Gasteiger charge is 2.34. The van der Waals surface area contributed by atoms with E-state index in [2.05, 4.69) is 10.6 Å². The summed E-state index contributed by atoms with van der Waals surface area (Å²) in [5.74, 6) is -1.19. The molecular weight excluding hydrogens is 567 g/mol. The minimum atomic E-state index is -1.34. The molecule has 3 aromatic carbocycles. The van der Waals surface area contributed by atoms with E-state index in [1.807, 2.05) is 88.4 Å². The maximum atomic E-state index is 15.4. The number of alkyl halides is 1. The third-order valence-electron chi connectivity index (χ3n) is 7.51. The number of nitrogens with zero attached hydrogens (tertiary/aromatic N) is 1. The van der Waals surface area contributed by atoms with Crippen LogP contribution in [0.25, 0.3) is 11.5 Å². The molecule has 0 aliphatic heterocycles. The zero-order chi connectivity index (χ0) is 31.7. The second kappa shape index (κ2) is 15.1. The second-order valence-electron chi connectivity index (χ2n) is 11.9. The van der Waals surface area contributed by atoms with Crippen LogP contribution in [0.1, 0.15) is 62.7 Å². The number of aromatic nitrogens is 1. The molecule has 0 aliphatic rings. The lowest BCUT2D eigenvalue weighted by molar-refractivity contribution is 0.130. The van der Waals surface area contributed by atoms with Crippen LogP contribution in [-0.4, -0.2) is 30.3 Å². The number of rotatable bonds is 13. The average molecular weight is 608 g/mol. The van der Waals surface area contributed by atoms with E-state index in [1.54, 1.807) is 0 Å². The number of carbonyl (C=O) groups is 1. The van der Waals surface area contributed by atoms with Crippen molar-refractivity contribution >= 4 is 6.09 Å². The first-order chi connectivity index (χ1) is 21.0. The molecule has 6 nitrogen and oxygen atoms in total. The van der Waals surface area contributed by atoms with Crippen molar-refractivity contribution in [3.05, 3.63) is 113 Å². The van der Waals surface area contributed by atoms with Gasteiger partial charge in [0.25, 0.3) is 0 Å². The van der Waals surface area contributed by atoms with E-state index >= 15 is 4.39 Å². The molecule has 0 radical (unpaired) electrons. The molecule has 0 saturated heterocycles. The van der Waals surface area contributed by atoms with Crippen molar-refractivity contribution in [2.45, 2.75) is 59.4 Å². The number of benzene rings is 3. The van der Waals surface area contributed by atoms with Gasteiger partial charge in [0.2, 0.25) is 5.89 Å². The van der Waals surface area contributed by atoms with Gasteiger partial charge >= 0.3 is 6.09 Å². The summed E-state index contributed by atoms with van der Waals surface area (Å²) in [5.41, 5.74) is 1.87. The Balaban J connectivity index is 1.50. The third-order valence-corrected chi connectivity index (χ3v) is 7.51.